The second-order valence-corrected chi connectivity index (χ2v) is 8.11. The quantitative estimate of drug-likeness (QED) is 0.715. The van der Waals surface area contributed by atoms with Crippen LogP contribution in [0.3, 0.4) is 0 Å². The maximum Gasteiger partial charge on any atom is 0.302 e. The Kier molecular flexibility index (Phi) is 6.08. The molecule has 0 N–H and O–H groups in total. The van der Waals surface area contributed by atoms with Crippen LogP contribution in [-0.2, 0) is 22.6 Å². The van der Waals surface area contributed by atoms with Crippen LogP contribution >= 0.6 is 0 Å². The first-order valence-electron chi connectivity index (χ1n) is 10.4. The van der Waals surface area contributed by atoms with Crippen LogP contribution in [0.1, 0.15) is 37.3 Å². The van der Waals surface area contributed by atoms with Crippen molar-refractivity contribution < 1.29 is 9.53 Å². The van der Waals surface area contributed by atoms with Crippen molar-refractivity contribution >= 4 is 5.97 Å². The number of nitrogens with zero attached hydrogens (tertiary/aromatic N) is 2. The first kappa shape index (κ1) is 19.2. The van der Waals surface area contributed by atoms with E-state index in [4.69, 9.17) is 4.74 Å². The summed E-state index contributed by atoms with van der Waals surface area (Å²) in [6.45, 7) is 5.54. The standard InChI is InChI=1S/C24H30N2O2/c1-19(27)28-24-14-15-25-18-22(12-13-23(24)25)26(16-20-8-4-2-5-9-20)17-21-10-6-3-7-11-21/h2-11,22-24H,12-18H2,1H3/t22-,23+,24+/m0/s1. The third-order valence-corrected chi connectivity index (χ3v) is 6.13. The molecule has 2 aromatic carbocycles. The Morgan fingerprint density at radius 1 is 0.964 bits per heavy atom. The summed E-state index contributed by atoms with van der Waals surface area (Å²) in [7, 11) is 0. The molecule has 3 atom stereocenters. The molecule has 4 nitrogen and oxygen atoms in total. The zero-order valence-corrected chi connectivity index (χ0v) is 16.7. The summed E-state index contributed by atoms with van der Waals surface area (Å²) in [6.07, 6.45) is 3.30. The number of ether oxygens (including phenoxy) is 1. The van der Waals surface area contributed by atoms with Gasteiger partial charge in [-0.1, -0.05) is 60.7 Å². The third-order valence-electron chi connectivity index (χ3n) is 6.13. The highest BCUT2D eigenvalue weighted by atomic mass is 16.5. The first-order chi connectivity index (χ1) is 13.7. The average Bonchev–Trinajstić information content (AvgIpc) is 3.10. The minimum atomic E-state index is -0.149. The van der Waals surface area contributed by atoms with E-state index in [2.05, 4.69) is 70.5 Å². The van der Waals surface area contributed by atoms with Crippen molar-refractivity contribution in [3.05, 3.63) is 71.8 Å². The number of carbonyl (C=O) groups excluding carboxylic acids is 1. The normalized spacial score (nSPS) is 24.9. The topological polar surface area (TPSA) is 32.8 Å². The minimum Gasteiger partial charge on any atom is -0.461 e. The van der Waals surface area contributed by atoms with E-state index in [1.54, 1.807) is 0 Å². The summed E-state index contributed by atoms with van der Waals surface area (Å²) in [4.78, 5) is 16.6. The van der Waals surface area contributed by atoms with Crippen LogP contribution in [0.4, 0.5) is 0 Å². The highest BCUT2D eigenvalue weighted by Crippen LogP contribution is 2.32. The SMILES string of the molecule is CC(=O)O[C@@H]1CCN2C[C@@H](N(Cc3ccccc3)Cc3ccccc3)CC[C@H]12. The van der Waals surface area contributed by atoms with Crippen LogP contribution in [0.25, 0.3) is 0 Å². The number of hydrogen-bond acceptors (Lipinski definition) is 4. The maximum atomic E-state index is 11.4. The Bertz CT molecular complexity index is 723. The van der Waals surface area contributed by atoms with E-state index >= 15 is 0 Å². The molecule has 0 saturated carbocycles. The Morgan fingerprint density at radius 2 is 1.57 bits per heavy atom. The lowest BCUT2D eigenvalue weighted by Gasteiger charge is -2.42. The van der Waals surface area contributed by atoms with Gasteiger partial charge in [0.1, 0.15) is 6.10 Å². The van der Waals surface area contributed by atoms with E-state index in [1.165, 1.54) is 18.1 Å². The van der Waals surface area contributed by atoms with Gasteiger partial charge < -0.3 is 4.74 Å². The number of carbonyl (C=O) groups is 1. The molecule has 4 rings (SSSR count). The van der Waals surface area contributed by atoms with Crippen molar-refractivity contribution in [3.8, 4) is 0 Å². The Balaban J connectivity index is 1.47. The lowest BCUT2D eigenvalue weighted by atomic mass is 9.95. The number of fused-ring (bicyclic) bond motifs is 1. The molecule has 4 heteroatoms. The molecule has 2 heterocycles. The Labute approximate surface area is 168 Å². The van der Waals surface area contributed by atoms with E-state index in [9.17, 15) is 4.79 Å². The zero-order chi connectivity index (χ0) is 19.3. The van der Waals surface area contributed by atoms with Crippen molar-refractivity contribution in [1.29, 1.82) is 0 Å². The number of esters is 1. The van der Waals surface area contributed by atoms with Crippen LogP contribution in [0, 0.1) is 0 Å². The second kappa shape index (κ2) is 8.89. The molecule has 28 heavy (non-hydrogen) atoms. The third kappa shape index (κ3) is 4.62. The predicted molar refractivity (Wildman–Crippen MR) is 111 cm³/mol. The molecule has 0 spiro atoms. The summed E-state index contributed by atoms with van der Waals surface area (Å²) in [5.41, 5.74) is 2.72. The van der Waals surface area contributed by atoms with Crippen molar-refractivity contribution in [2.24, 2.45) is 0 Å². The van der Waals surface area contributed by atoms with Gasteiger partial charge in [-0.15, -0.1) is 0 Å². The molecule has 0 aromatic heterocycles. The summed E-state index contributed by atoms with van der Waals surface area (Å²) in [6, 6.07) is 22.4. The molecule has 0 unspecified atom stereocenters. The molecule has 2 fully saturated rings. The fourth-order valence-electron chi connectivity index (χ4n) is 4.81. The van der Waals surface area contributed by atoms with Crippen LogP contribution in [0.15, 0.2) is 60.7 Å². The summed E-state index contributed by atoms with van der Waals surface area (Å²) >= 11 is 0. The van der Waals surface area contributed by atoms with Gasteiger partial charge in [0.2, 0.25) is 0 Å². The molecule has 2 aromatic rings. The lowest BCUT2D eigenvalue weighted by molar-refractivity contribution is -0.148. The maximum absolute atomic E-state index is 11.4. The van der Waals surface area contributed by atoms with Crippen molar-refractivity contribution in [2.45, 2.75) is 57.5 Å². The van der Waals surface area contributed by atoms with Crippen molar-refractivity contribution in [2.75, 3.05) is 13.1 Å². The molecular formula is C24H30N2O2. The monoisotopic (exact) mass is 378 g/mol. The fourth-order valence-corrected chi connectivity index (χ4v) is 4.81. The molecule has 0 aliphatic carbocycles. The Hall–Kier alpha value is -2.17. The van der Waals surface area contributed by atoms with Gasteiger partial charge in [0.15, 0.2) is 0 Å². The molecule has 2 saturated heterocycles. The van der Waals surface area contributed by atoms with E-state index in [-0.39, 0.29) is 12.1 Å². The summed E-state index contributed by atoms with van der Waals surface area (Å²) in [5, 5.41) is 0. The van der Waals surface area contributed by atoms with Gasteiger partial charge >= 0.3 is 5.97 Å². The first-order valence-corrected chi connectivity index (χ1v) is 10.4. The van der Waals surface area contributed by atoms with Crippen LogP contribution in [0.2, 0.25) is 0 Å². The number of hydrogen-bond donors (Lipinski definition) is 0. The van der Waals surface area contributed by atoms with Crippen molar-refractivity contribution in [1.82, 2.24) is 9.80 Å². The van der Waals surface area contributed by atoms with Gasteiger partial charge in [-0.2, -0.15) is 0 Å². The number of piperidine rings is 1. The van der Waals surface area contributed by atoms with Crippen LogP contribution in [0.5, 0.6) is 0 Å². The van der Waals surface area contributed by atoms with Gasteiger partial charge in [-0.3, -0.25) is 14.6 Å². The minimum absolute atomic E-state index is 0.0788. The van der Waals surface area contributed by atoms with Crippen LogP contribution in [-0.4, -0.2) is 47.0 Å². The Morgan fingerprint density at radius 3 is 2.14 bits per heavy atom. The molecule has 0 bridgehead atoms. The number of benzene rings is 2. The molecule has 0 radical (unpaired) electrons. The van der Waals surface area contributed by atoms with E-state index < -0.39 is 0 Å². The van der Waals surface area contributed by atoms with E-state index in [0.717, 1.165) is 45.4 Å². The largest absolute Gasteiger partial charge is 0.461 e. The second-order valence-electron chi connectivity index (χ2n) is 8.11. The zero-order valence-electron chi connectivity index (χ0n) is 16.7. The number of rotatable bonds is 6. The van der Waals surface area contributed by atoms with Gasteiger partial charge in [-0.25, -0.2) is 0 Å². The summed E-state index contributed by atoms with van der Waals surface area (Å²) in [5.74, 6) is -0.149. The van der Waals surface area contributed by atoms with Gasteiger partial charge in [0.25, 0.3) is 0 Å². The van der Waals surface area contributed by atoms with Crippen molar-refractivity contribution in [3.63, 3.8) is 0 Å². The molecule has 148 valence electrons. The summed E-state index contributed by atoms with van der Waals surface area (Å²) < 4.78 is 5.57. The molecule has 2 aliphatic heterocycles. The molecular weight excluding hydrogens is 348 g/mol. The predicted octanol–water partition coefficient (Wildman–Crippen LogP) is 3.86. The highest BCUT2D eigenvalue weighted by Gasteiger charge is 2.41. The van der Waals surface area contributed by atoms with E-state index in [0.29, 0.717) is 12.1 Å². The average molecular weight is 379 g/mol. The van der Waals surface area contributed by atoms with E-state index in [1.807, 2.05) is 0 Å². The smallest absolute Gasteiger partial charge is 0.302 e. The van der Waals surface area contributed by atoms with Gasteiger partial charge in [0.05, 0.1) is 0 Å². The molecule has 0 amide bonds. The lowest BCUT2D eigenvalue weighted by Crippen LogP contribution is -2.51. The van der Waals surface area contributed by atoms with Gasteiger partial charge in [-0.05, 0) is 30.4 Å². The van der Waals surface area contributed by atoms with Crippen LogP contribution < -0.4 is 0 Å². The highest BCUT2D eigenvalue weighted by molar-refractivity contribution is 5.66. The van der Waals surface area contributed by atoms with Gasteiger partial charge in [0, 0.05) is 45.2 Å². The fraction of sp³-hybridized carbons (Fsp3) is 0.458. The molecule has 2 aliphatic rings.